The van der Waals surface area contributed by atoms with Gasteiger partial charge in [0.2, 0.25) is 0 Å². The second-order valence-electron chi connectivity index (χ2n) is 4.81. The highest BCUT2D eigenvalue weighted by molar-refractivity contribution is 6.60. The molecule has 1 aromatic rings. The minimum Gasteiger partial charge on any atom is -0.461 e. The van der Waals surface area contributed by atoms with Crippen LogP contribution in [0.4, 0.5) is 0 Å². The predicted octanol–water partition coefficient (Wildman–Crippen LogP) is 2.67. The van der Waals surface area contributed by atoms with E-state index in [4.69, 9.17) is 18.0 Å². The molecule has 0 spiro atoms. The van der Waals surface area contributed by atoms with Crippen molar-refractivity contribution in [3.8, 4) is 0 Å². The van der Waals surface area contributed by atoms with Gasteiger partial charge in [0.15, 0.2) is 6.23 Å². The molecule has 0 saturated heterocycles. The topological polar surface area (TPSA) is 54.0 Å². The third-order valence-corrected chi connectivity index (χ3v) is 5.66. The number of hydrogen-bond donors (Lipinski definition) is 0. The number of hydrogen-bond acceptors (Lipinski definition) is 5. The summed E-state index contributed by atoms with van der Waals surface area (Å²) in [7, 11) is -2.93. The van der Waals surface area contributed by atoms with Crippen LogP contribution in [0, 0.1) is 6.92 Å². The van der Waals surface area contributed by atoms with E-state index in [-0.39, 0.29) is 18.6 Å². The Bertz CT molecular complexity index is 429. The summed E-state index contributed by atoms with van der Waals surface area (Å²) in [6.45, 7) is 9.00. The highest BCUT2D eigenvalue weighted by Crippen LogP contribution is 2.12. The van der Waals surface area contributed by atoms with Crippen molar-refractivity contribution in [3.63, 3.8) is 0 Å². The maximum atomic E-state index is 12.0. The van der Waals surface area contributed by atoms with E-state index in [0.29, 0.717) is 19.8 Å². The van der Waals surface area contributed by atoms with Crippen LogP contribution in [0.3, 0.4) is 0 Å². The minimum absolute atomic E-state index is 0.0488. The molecule has 0 aliphatic rings. The molecule has 0 fully saturated rings. The molecule has 0 atom stereocenters. The van der Waals surface area contributed by atoms with Crippen LogP contribution in [-0.2, 0) is 29.2 Å². The SMILES string of the molecule is CCO[Si](COC(=O)Cc1ccc(C)cc1)(OCC)OCC. The van der Waals surface area contributed by atoms with E-state index in [9.17, 15) is 4.79 Å². The smallest absolute Gasteiger partial charge is 0.461 e. The zero-order chi connectivity index (χ0) is 16.4. The van der Waals surface area contributed by atoms with E-state index in [0.717, 1.165) is 11.1 Å². The molecule has 0 aliphatic carbocycles. The first-order chi connectivity index (χ1) is 10.5. The van der Waals surface area contributed by atoms with Crippen LogP contribution in [-0.4, -0.2) is 40.8 Å². The monoisotopic (exact) mass is 326 g/mol. The molecule has 6 heteroatoms. The van der Waals surface area contributed by atoms with Gasteiger partial charge in [-0.05, 0) is 33.3 Å². The lowest BCUT2D eigenvalue weighted by molar-refractivity contribution is -0.142. The van der Waals surface area contributed by atoms with Crippen LogP contribution in [0.2, 0.25) is 0 Å². The molecule has 0 N–H and O–H groups in total. The second kappa shape index (κ2) is 9.73. The number of benzene rings is 1. The van der Waals surface area contributed by atoms with Crippen LogP contribution in [0.5, 0.6) is 0 Å². The Labute approximate surface area is 133 Å². The molecule has 0 bridgehead atoms. The van der Waals surface area contributed by atoms with Gasteiger partial charge in [-0.3, -0.25) is 4.79 Å². The van der Waals surface area contributed by atoms with Crippen molar-refractivity contribution in [1.29, 1.82) is 0 Å². The number of rotatable bonds is 10. The molecule has 0 heterocycles. The van der Waals surface area contributed by atoms with E-state index >= 15 is 0 Å². The van der Waals surface area contributed by atoms with Crippen LogP contribution >= 0.6 is 0 Å². The van der Waals surface area contributed by atoms with Crippen LogP contribution in [0.15, 0.2) is 24.3 Å². The fourth-order valence-electron chi connectivity index (χ4n) is 2.00. The minimum atomic E-state index is -2.93. The molecule has 0 aromatic heterocycles. The van der Waals surface area contributed by atoms with Crippen LogP contribution < -0.4 is 0 Å². The first-order valence-corrected chi connectivity index (χ1v) is 9.61. The standard InChI is InChI=1S/C16H26O5Si/c1-5-19-22(20-6-2,21-7-3)13-18-16(17)12-15-10-8-14(4)9-11-15/h8-11H,5-7,12-13H2,1-4H3. The van der Waals surface area contributed by atoms with Crippen molar-refractivity contribution in [2.24, 2.45) is 0 Å². The van der Waals surface area contributed by atoms with Gasteiger partial charge in [-0.2, -0.15) is 0 Å². The summed E-state index contributed by atoms with van der Waals surface area (Å²) in [5.74, 6) is -0.306. The Balaban J connectivity index is 2.58. The summed E-state index contributed by atoms with van der Waals surface area (Å²) in [5, 5.41) is 0. The predicted molar refractivity (Wildman–Crippen MR) is 86.5 cm³/mol. The number of ether oxygens (including phenoxy) is 1. The van der Waals surface area contributed by atoms with E-state index < -0.39 is 8.80 Å². The third kappa shape index (κ3) is 6.27. The van der Waals surface area contributed by atoms with E-state index in [1.165, 1.54) is 0 Å². The third-order valence-electron chi connectivity index (χ3n) is 2.97. The molecule has 0 amide bonds. The lowest BCUT2D eigenvalue weighted by Gasteiger charge is -2.27. The Kier molecular flexibility index (Phi) is 8.33. The van der Waals surface area contributed by atoms with Gasteiger partial charge in [0.25, 0.3) is 0 Å². The van der Waals surface area contributed by atoms with Crippen molar-refractivity contribution in [1.82, 2.24) is 0 Å². The summed E-state index contributed by atoms with van der Waals surface area (Å²) in [6.07, 6.45) is 0.280. The fraction of sp³-hybridized carbons (Fsp3) is 0.562. The Morgan fingerprint density at radius 1 is 0.955 bits per heavy atom. The van der Waals surface area contributed by atoms with Gasteiger partial charge in [0.1, 0.15) is 0 Å². The maximum absolute atomic E-state index is 12.0. The quantitative estimate of drug-likeness (QED) is 0.489. The lowest BCUT2D eigenvalue weighted by atomic mass is 10.1. The normalized spacial score (nSPS) is 11.5. The number of carbonyl (C=O) groups is 1. The molecule has 0 saturated carbocycles. The zero-order valence-corrected chi connectivity index (χ0v) is 14.9. The molecule has 22 heavy (non-hydrogen) atoms. The lowest BCUT2D eigenvalue weighted by Crippen LogP contribution is -2.51. The maximum Gasteiger partial charge on any atom is 0.540 e. The summed E-state index contributed by atoms with van der Waals surface area (Å²) in [5.41, 5.74) is 2.08. The summed E-state index contributed by atoms with van der Waals surface area (Å²) >= 11 is 0. The van der Waals surface area contributed by atoms with Crippen LogP contribution in [0.1, 0.15) is 31.9 Å². The van der Waals surface area contributed by atoms with E-state index in [2.05, 4.69) is 0 Å². The Hall–Kier alpha value is -1.21. The molecule has 0 aliphatic heterocycles. The van der Waals surface area contributed by atoms with Gasteiger partial charge in [-0.25, -0.2) is 0 Å². The number of aryl methyl sites for hydroxylation is 1. The largest absolute Gasteiger partial charge is 0.540 e. The average molecular weight is 326 g/mol. The molecule has 0 unspecified atom stereocenters. The zero-order valence-electron chi connectivity index (χ0n) is 13.9. The molecule has 5 nitrogen and oxygen atoms in total. The van der Waals surface area contributed by atoms with Gasteiger partial charge in [0, 0.05) is 19.8 Å². The Morgan fingerprint density at radius 2 is 1.45 bits per heavy atom. The summed E-state index contributed by atoms with van der Waals surface area (Å²) in [6, 6.07) is 7.80. The molecule has 1 aromatic carbocycles. The molecule has 124 valence electrons. The number of esters is 1. The second-order valence-corrected chi connectivity index (χ2v) is 7.33. The van der Waals surface area contributed by atoms with Crippen LogP contribution in [0.25, 0.3) is 0 Å². The van der Waals surface area contributed by atoms with E-state index in [1.807, 2.05) is 52.0 Å². The first-order valence-electron chi connectivity index (χ1n) is 7.68. The molecular weight excluding hydrogens is 300 g/mol. The fourth-order valence-corrected chi connectivity index (χ4v) is 4.16. The van der Waals surface area contributed by atoms with Gasteiger partial charge < -0.3 is 18.0 Å². The average Bonchev–Trinajstić information content (AvgIpc) is 2.48. The van der Waals surface area contributed by atoms with Crippen molar-refractivity contribution in [2.75, 3.05) is 26.1 Å². The van der Waals surface area contributed by atoms with Crippen molar-refractivity contribution in [3.05, 3.63) is 35.4 Å². The van der Waals surface area contributed by atoms with Crippen molar-refractivity contribution >= 4 is 14.8 Å². The molecule has 1 rings (SSSR count). The van der Waals surface area contributed by atoms with Gasteiger partial charge >= 0.3 is 14.8 Å². The number of carbonyl (C=O) groups excluding carboxylic acids is 1. The van der Waals surface area contributed by atoms with Gasteiger partial charge in [-0.15, -0.1) is 0 Å². The Morgan fingerprint density at radius 3 is 1.91 bits per heavy atom. The first kappa shape index (κ1) is 18.8. The highest BCUT2D eigenvalue weighted by atomic mass is 28.4. The summed E-state index contributed by atoms with van der Waals surface area (Å²) < 4.78 is 22.3. The van der Waals surface area contributed by atoms with Crippen molar-refractivity contribution < 1.29 is 22.8 Å². The van der Waals surface area contributed by atoms with Gasteiger partial charge in [-0.1, -0.05) is 29.8 Å². The summed E-state index contributed by atoms with van der Waals surface area (Å²) in [4.78, 5) is 12.0. The van der Waals surface area contributed by atoms with Crippen molar-refractivity contribution in [2.45, 2.75) is 34.1 Å². The molecule has 0 radical (unpaired) electrons. The van der Waals surface area contributed by atoms with E-state index in [1.54, 1.807) is 0 Å². The highest BCUT2D eigenvalue weighted by Gasteiger charge is 2.42. The van der Waals surface area contributed by atoms with Gasteiger partial charge in [0.05, 0.1) is 6.42 Å². The molecular formula is C16H26O5Si.